The molecule has 5 heteroatoms. The van der Waals surface area contributed by atoms with Gasteiger partial charge in [-0.1, -0.05) is 12.1 Å². The highest BCUT2D eigenvalue weighted by molar-refractivity contribution is 5.88. The fourth-order valence-corrected chi connectivity index (χ4v) is 2.06. The highest BCUT2D eigenvalue weighted by Crippen LogP contribution is 2.23. The molecule has 110 valence electrons. The van der Waals surface area contributed by atoms with Gasteiger partial charge in [0, 0.05) is 30.4 Å². The zero-order valence-electron chi connectivity index (χ0n) is 11.8. The summed E-state index contributed by atoms with van der Waals surface area (Å²) in [5, 5.41) is 5.72. The average Bonchev–Trinajstić information content (AvgIpc) is 2.36. The summed E-state index contributed by atoms with van der Waals surface area (Å²) in [6.07, 6.45) is 0. The van der Waals surface area contributed by atoms with Crippen LogP contribution in [0, 0.1) is 11.6 Å². The van der Waals surface area contributed by atoms with Crippen LogP contribution in [-0.2, 0) is 4.79 Å². The van der Waals surface area contributed by atoms with Gasteiger partial charge in [0.05, 0.1) is 0 Å². The SMILES string of the molecule is CC(=O)Nc1cccc(C(C)Nc2cc(F)cc(F)c2)c1. The molecule has 0 aliphatic carbocycles. The van der Waals surface area contributed by atoms with Crippen molar-refractivity contribution in [1.82, 2.24) is 0 Å². The molecule has 0 bridgehead atoms. The summed E-state index contributed by atoms with van der Waals surface area (Å²) in [6.45, 7) is 3.31. The van der Waals surface area contributed by atoms with Crippen LogP contribution < -0.4 is 10.6 Å². The molecular weight excluding hydrogens is 274 g/mol. The molecule has 1 atom stereocenters. The first-order valence-electron chi connectivity index (χ1n) is 6.54. The molecule has 0 aliphatic heterocycles. The molecule has 0 radical (unpaired) electrons. The Bertz CT molecular complexity index is 638. The van der Waals surface area contributed by atoms with Crippen LogP contribution in [0.15, 0.2) is 42.5 Å². The average molecular weight is 290 g/mol. The van der Waals surface area contributed by atoms with Crippen molar-refractivity contribution < 1.29 is 13.6 Å². The molecule has 2 N–H and O–H groups in total. The Hall–Kier alpha value is -2.43. The summed E-state index contributed by atoms with van der Waals surface area (Å²) < 4.78 is 26.3. The number of nitrogens with one attached hydrogen (secondary N) is 2. The summed E-state index contributed by atoms with van der Waals surface area (Å²) in [6, 6.07) is 10.4. The van der Waals surface area contributed by atoms with Gasteiger partial charge in [-0.3, -0.25) is 4.79 Å². The van der Waals surface area contributed by atoms with E-state index in [2.05, 4.69) is 10.6 Å². The van der Waals surface area contributed by atoms with Gasteiger partial charge in [-0.15, -0.1) is 0 Å². The van der Waals surface area contributed by atoms with E-state index in [9.17, 15) is 13.6 Å². The molecule has 0 aromatic heterocycles. The summed E-state index contributed by atoms with van der Waals surface area (Å²) in [7, 11) is 0. The molecule has 2 rings (SSSR count). The predicted molar refractivity (Wildman–Crippen MR) is 79.1 cm³/mol. The Morgan fingerprint density at radius 1 is 1.05 bits per heavy atom. The van der Waals surface area contributed by atoms with E-state index in [1.54, 1.807) is 6.07 Å². The Labute approximate surface area is 122 Å². The van der Waals surface area contributed by atoms with Crippen LogP contribution in [0.25, 0.3) is 0 Å². The summed E-state index contributed by atoms with van der Waals surface area (Å²) in [5.74, 6) is -1.41. The van der Waals surface area contributed by atoms with Crippen LogP contribution in [0.3, 0.4) is 0 Å². The third-order valence-corrected chi connectivity index (χ3v) is 2.95. The van der Waals surface area contributed by atoms with Gasteiger partial charge in [0.25, 0.3) is 0 Å². The monoisotopic (exact) mass is 290 g/mol. The van der Waals surface area contributed by atoms with Gasteiger partial charge in [-0.2, -0.15) is 0 Å². The van der Waals surface area contributed by atoms with Crippen molar-refractivity contribution in [2.24, 2.45) is 0 Å². The highest BCUT2D eigenvalue weighted by atomic mass is 19.1. The Morgan fingerprint density at radius 2 is 1.71 bits per heavy atom. The first kappa shape index (κ1) is 15.0. The van der Waals surface area contributed by atoms with Crippen LogP contribution in [-0.4, -0.2) is 5.91 Å². The minimum Gasteiger partial charge on any atom is -0.378 e. The molecule has 2 aromatic rings. The first-order valence-corrected chi connectivity index (χ1v) is 6.54. The standard InChI is InChI=1S/C16H16F2N2O/c1-10(19-16-8-13(17)7-14(18)9-16)12-4-3-5-15(6-12)20-11(2)21/h3-10,19H,1-2H3,(H,20,21). The number of hydrogen-bond donors (Lipinski definition) is 2. The molecule has 0 aliphatic rings. The van der Waals surface area contributed by atoms with Crippen molar-refractivity contribution in [3.63, 3.8) is 0 Å². The van der Waals surface area contributed by atoms with Gasteiger partial charge in [-0.25, -0.2) is 8.78 Å². The third kappa shape index (κ3) is 4.27. The van der Waals surface area contributed by atoms with E-state index in [1.807, 2.05) is 25.1 Å². The van der Waals surface area contributed by atoms with Gasteiger partial charge in [0.15, 0.2) is 0 Å². The van der Waals surface area contributed by atoms with Gasteiger partial charge < -0.3 is 10.6 Å². The van der Waals surface area contributed by atoms with Crippen molar-refractivity contribution >= 4 is 17.3 Å². The molecule has 21 heavy (non-hydrogen) atoms. The number of benzene rings is 2. The molecule has 2 aromatic carbocycles. The molecule has 0 spiro atoms. The van der Waals surface area contributed by atoms with Crippen LogP contribution in [0.2, 0.25) is 0 Å². The maximum absolute atomic E-state index is 13.2. The largest absolute Gasteiger partial charge is 0.378 e. The third-order valence-electron chi connectivity index (χ3n) is 2.95. The van der Waals surface area contributed by atoms with Gasteiger partial charge in [0.1, 0.15) is 11.6 Å². The van der Waals surface area contributed by atoms with E-state index >= 15 is 0 Å². The quantitative estimate of drug-likeness (QED) is 0.890. The fraction of sp³-hybridized carbons (Fsp3) is 0.188. The lowest BCUT2D eigenvalue weighted by Gasteiger charge is -2.17. The van der Waals surface area contributed by atoms with E-state index in [4.69, 9.17) is 0 Å². The lowest BCUT2D eigenvalue weighted by Crippen LogP contribution is -2.09. The zero-order valence-corrected chi connectivity index (χ0v) is 11.8. The van der Waals surface area contributed by atoms with Crippen LogP contribution >= 0.6 is 0 Å². The summed E-state index contributed by atoms with van der Waals surface area (Å²) in [4.78, 5) is 11.1. The number of amides is 1. The van der Waals surface area contributed by atoms with Gasteiger partial charge >= 0.3 is 0 Å². The number of carbonyl (C=O) groups is 1. The number of hydrogen-bond acceptors (Lipinski definition) is 2. The smallest absolute Gasteiger partial charge is 0.221 e. The molecule has 0 saturated heterocycles. The van der Waals surface area contributed by atoms with E-state index in [1.165, 1.54) is 19.1 Å². The Kier molecular flexibility index (Phi) is 4.52. The van der Waals surface area contributed by atoms with E-state index in [0.717, 1.165) is 11.6 Å². The van der Waals surface area contributed by atoms with Gasteiger partial charge in [0.2, 0.25) is 5.91 Å². The van der Waals surface area contributed by atoms with Crippen LogP contribution in [0.1, 0.15) is 25.5 Å². The van der Waals surface area contributed by atoms with Crippen molar-refractivity contribution in [2.45, 2.75) is 19.9 Å². The molecule has 0 fully saturated rings. The Morgan fingerprint density at radius 3 is 2.33 bits per heavy atom. The summed E-state index contributed by atoms with van der Waals surface area (Å²) in [5.41, 5.74) is 1.94. The van der Waals surface area contributed by atoms with Crippen molar-refractivity contribution in [2.75, 3.05) is 10.6 Å². The van der Waals surface area contributed by atoms with E-state index in [0.29, 0.717) is 11.4 Å². The van der Waals surface area contributed by atoms with Crippen molar-refractivity contribution in [1.29, 1.82) is 0 Å². The second-order valence-electron chi connectivity index (χ2n) is 4.83. The van der Waals surface area contributed by atoms with Crippen LogP contribution in [0.5, 0.6) is 0 Å². The predicted octanol–water partition coefficient (Wildman–Crippen LogP) is 4.10. The number of halogens is 2. The second-order valence-corrected chi connectivity index (χ2v) is 4.83. The number of rotatable bonds is 4. The molecule has 3 nitrogen and oxygen atoms in total. The highest BCUT2D eigenvalue weighted by Gasteiger charge is 2.08. The molecule has 0 saturated carbocycles. The number of carbonyl (C=O) groups excluding carboxylic acids is 1. The normalized spacial score (nSPS) is 11.8. The first-order chi connectivity index (χ1) is 9.94. The maximum Gasteiger partial charge on any atom is 0.221 e. The molecule has 1 unspecified atom stereocenters. The lowest BCUT2D eigenvalue weighted by molar-refractivity contribution is -0.114. The lowest BCUT2D eigenvalue weighted by atomic mass is 10.1. The zero-order chi connectivity index (χ0) is 15.4. The Balaban J connectivity index is 2.16. The topological polar surface area (TPSA) is 41.1 Å². The van der Waals surface area contributed by atoms with E-state index in [-0.39, 0.29) is 11.9 Å². The minimum atomic E-state index is -0.628. The van der Waals surface area contributed by atoms with Crippen molar-refractivity contribution in [3.05, 3.63) is 59.7 Å². The van der Waals surface area contributed by atoms with Crippen LogP contribution in [0.4, 0.5) is 20.2 Å². The second kappa shape index (κ2) is 6.35. The fourth-order valence-electron chi connectivity index (χ4n) is 2.06. The van der Waals surface area contributed by atoms with Crippen molar-refractivity contribution in [3.8, 4) is 0 Å². The summed E-state index contributed by atoms with van der Waals surface area (Å²) >= 11 is 0. The minimum absolute atomic E-state index is 0.153. The maximum atomic E-state index is 13.2. The number of anilines is 2. The van der Waals surface area contributed by atoms with Gasteiger partial charge in [-0.05, 0) is 36.8 Å². The molecule has 0 heterocycles. The molecular formula is C16H16F2N2O. The molecule has 1 amide bonds. The van der Waals surface area contributed by atoms with E-state index < -0.39 is 11.6 Å².